The largest absolute Gasteiger partial charge is 2.00 e. The molecule has 0 radical (unpaired) electrons. The first kappa shape index (κ1) is 41.1. The minimum Gasteiger partial charge on any atom is -0.348 e. The molecule has 2 rings (SSSR count). The van der Waals surface area contributed by atoms with E-state index in [1.54, 1.807) is 13.8 Å². The molecule has 0 amide bonds. The molecule has 0 atom stereocenters. The fourth-order valence-corrected chi connectivity index (χ4v) is 4.89. The molecular weight excluding hydrogens is 591 g/mol. The van der Waals surface area contributed by atoms with Crippen LogP contribution in [0.25, 0.3) is 11.1 Å². The summed E-state index contributed by atoms with van der Waals surface area (Å²) < 4.78 is 0. The van der Waals surface area contributed by atoms with Crippen LogP contribution in [0.3, 0.4) is 0 Å². The maximum absolute atomic E-state index is 9.53. The number of allylic oxidation sites excluding steroid dienone is 2. The van der Waals surface area contributed by atoms with Crippen molar-refractivity contribution in [1.82, 2.24) is 0 Å². The van der Waals surface area contributed by atoms with Gasteiger partial charge < -0.3 is 19.4 Å². The van der Waals surface area contributed by atoms with Crippen molar-refractivity contribution in [2.24, 2.45) is 0 Å². The first-order chi connectivity index (χ1) is 19.7. The van der Waals surface area contributed by atoms with Gasteiger partial charge in [-0.2, -0.15) is 13.8 Å². The zero-order chi connectivity index (χ0) is 30.0. The third kappa shape index (κ3) is 16.3. The third-order valence-electron chi connectivity index (χ3n) is 6.98. The number of rotatable bonds is 17. The van der Waals surface area contributed by atoms with E-state index in [1.165, 1.54) is 71.9 Å². The number of nitrogens with zero attached hydrogens (tertiary/aromatic N) is 2. The van der Waals surface area contributed by atoms with Crippen molar-refractivity contribution in [3.8, 4) is 0 Å². The maximum Gasteiger partial charge on any atom is 2.00 e. The second kappa shape index (κ2) is 28.1. The molecule has 41 heavy (non-hydrogen) atoms. The van der Waals surface area contributed by atoms with Crippen molar-refractivity contribution < 1.29 is 25.2 Å². The topological polar surface area (TPSA) is 36.4 Å². The van der Waals surface area contributed by atoms with Gasteiger partial charge in [0, 0.05) is 0 Å². The zero-order valence-electron chi connectivity index (χ0n) is 27.1. The van der Waals surface area contributed by atoms with Gasteiger partial charge in [0.25, 0.3) is 0 Å². The summed E-state index contributed by atoms with van der Waals surface area (Å²) in [5.74, 6) is 3.00. The Morgan fingerprint density at radius 3 is 1.63 bits per heavy atom. The summed E-state index contributed by atoms with van der Waals surface area (Å²) in [6.07, 6.45) is 16.0. The Labute approximate surface area is 268 Å². The monoisotopic (exact) mass is 648 g/mol. The number of benzene rings is 2. The molecule has 0 unspecified atom stereocenters. The smallest absolute Gasteiger partial charge is 0.348 e. The molecule has 0 aliphatic carbocycles. The van der Waals surface area contributed by atoms with Crippen LogP contribution >= 0.6 is 0 Å². The van der Waals surface area contributed by atoms with Crippen molar-refractivity contribution in [1.29, 1.82) is 0 Å². The molecule has 0 heterocycles. The average Bonchev–Trinajstić information content (AvgIpc) is 3.01. The van der Waals surface area contributed by atoms with Gasteiger partial charge in [-0.05, 0) is 84.8 Å². The standard InChI is InChI=1S/C34H48N2.2C2H5.Pd/c1-5-9-13-14-18-29-20-16-23-31(26-29)34(30-22-15-19-28(25-30)17-10-6-2)33(24-12-8-4)32(27-36-35)21-11-7-3;2*1-2;/h15-16,19-20,22-23,25-26H,5-14,17-18,21,24H2,1-4H3;2*1H2,2H3;/q;2*-1;+2. The van der Waals surface area contributed by atoms with Gasteiger partial charge in [0.15, 0.2) is 0 Å². The summed E-state index contributed by atoms with van der Waals surface area (Å²) in [7, 11) is 0. The third-order valence-corrected chi connectivity index (χ3v) is 6.98. The Bertz CT molecular complexity index is 1040. The molecule has 0 spiro atoms. The van der Waals surface area contributed by atoms with E-state index in [4.69, 9.17) is 0 Å². The molecular formula is C38H58N2Pd. The quantitative estimate of drug-likeness (QED) is 0.0311. The van der Waals surface area contributed by atoms with E-state index < -0.39 is 0 Å². The van der Waals surface area contributed by atoms with Gasteiger partial charge in [-0.25, -0.2) is 0 Å². The molecule has 0 bridgehead atoms. The fourth-order valence-electron chi connectivity index (χ4n) is 4.89. The molecule has 3 heteroatoms. The molecule has 2 aromatic rings. The van der Waals surface area contributed by atoms with Crippen LogP contribution in [0.4, 0.5) is 0 Å². The van der Waals surface area contributed by atoms with Crippen LogP contribution in [0.2, 0.25) is 0 Å². The van der Waals surface area contributed by atoms with Crippen LogP contribution in [0, 0.1) is 13.8 Å². The first-order valence-corrected chi connectivity index (χ1v) is 16.0. The van der Waals surface area contributed by atoms with Gasteiger partial charge in [0.05, 0.1) is 5.57 Å². The Kier molecular flexibility index (Phi) is 28.2. The first-order valence-electron chi connectivity index (χ1n) is 16.0. The van der Waals surface area contributed by atoms with Crippen LogP contribution in [0.1, 0.15) is 141 Å². The molecule has 0 aliphatic rings. The summed E-state index contributed by atoms with van der Waals surface area (Å²) in [5.41, 5.74) is 18.5. The van der Waals surface area contributed by atoms with Crippen LogP contribution in [-0.4, -0.2) is 10.7 Å². The Balaban J connectivity index is 0. The number of aryl methyl sites for hydroxylation is 2. The molecule has 0 saturated heterocycles. The van der Waals surface area contributed by atoms with Crippen molar-refractivity contribution in [3.63, 3.8) is 0 Å². The summed E-state index contributed by atoms with van der Waals surface area (Å²) in [5, 5.41) is 0. The van der Waals surface area contributed by atoms with E-state index in [2.05, 4.69) is 101 Å². The van der Waals surface area contributed by atoms with Gasteiger partial charge in [-0.15, -0.1) is 4.79 Å². The Hall–Kier alpha value is -2.00. The van der Waals surface area contributed by atoms with E-state index in [0.717, 1.165) is 56.9 Å². The second-order valence-electron chi connectivity index (χ2n) is 10.1. The molecule has 0 aromatic heterocycles. The van der Waals surface area contributed by atoms with Crippen molar-refractivity contribution in [3.05, 3.63) is 101 Å². The van der Waals surface area contributed by atoms with Crippen LogP contribution in [0.15, 0.2) is 59.7 Å². The van der Waals surface area contributed by atoms with Crippen LogP contribution in [0.5, 0.6) is 0 Å². The Morgan fingerprint density at radius 2 is 1.15 bits per heavy atom. The molecule has 0 aliphatic heterocycles. The van der Waals surface area contributed by atoms with Gasteiger partial charge >= 0.3 is 26.3 Å². The van der Waals surface area contributed by atoms with Crippen molar-refractivity contribution >= 4 is 11.4 Å². The van der Waals surface area contributed by atoms with Crippen molar-refractivity contribution in [2.75, 3.05) is 0 Å². The molecule has 0 fully saturated rings. The molecule has 0 N–H and O–H groups in total. The number of hydrogen-bond acceptors (Lipinski definition) is 0. The predicted molar refractivity (Wildman–Crippen MR) is 179 cm³/mol. The summed E-state index contributed by atoms with van der Waals surface area (Å²) in [4.78, 5) is 3.40. The SMILES string of the molecule is CCCCCCc1cccc(C(=C(CCCC)C(=C=[N+]=[N-])CCCC)c2cccc(CCCC)c2)c1.[CH2-]C.[CH2-]C.[Pd+2]. The minimum atomic E-state index is 0. The summed E-state index contributed by atoms with van der Waals surface area (Å²) in [6, 6.07) is 18.3. The summed E-state index contributed by atoms with van der Waals surface area (Å²) in [6.45, 7) is 19.0. The number of unbranched alkanes of at least 4 members (excludes halogenated alkanes) is 6. The summed E-state index contributed by atoms with van der Waals surface area (Å²) >= 11 is 0. The fraction of sp³-hybridized carbons (Fsp3) is 0.526. The minimum absolute atomic E-state index is 0. The van der Waals surface area contributed by atoms with Crippen LogP contribution < -0.4 is 0 Å². The number of hydrogen-bond donors (Lipinski definition) is 0. The molecule has 2 nitrogen and oxygen atoms in total. The van der Waals surface area contributed by atoms with E-state index >= 15 is 0 Å². The molecule has 0 saturated carbocycles. The van der Waals surface area contributed by atoms with E-state index in [0.29, 0.717) is 0 Å². The Morgan fingerprint density at radius 1 is 0.659 bits per heavy atom. The second-order valence-corrected chi connectivity index (χ2v) is 10.1. The van der Waals surface area contributed by atoms with Gasteiger partial charge in [-0.3, -0.25) is 0 Å². The van der Waals surface area contributed by atoms with Crippen molar-refractivity contribution in [2.45, 2.75) is 131 Å². The van der Waals surface area contributed by atoms with E-state index in [9.17, 15) is 5.53 Å². The van der Waals surface area contributed by atoms with Gasteiger partial charge in [-0.1, -0.05) is 115 Å². The van der Waals surface area contributed by atoms with E-state index in [1.807, 2.05) is 0 Å². The zero-order valence-corrected chi connectivity index (χ0v) is 28.7. The van der Waals surface area contributed by atoms with Crippen LogP contribution in [-0.2, 0) is 33.3 Å². The molecule has 2 aromatic carbocycles. The normalized spacial score (nSPS) is 10.4. The van der Waals surface area contributed by atoms with E-state index in [-0.39, 0.29) is 20.4 Å². The van der Waals surface area contributed by atoms with Gasteiger partial charge in [0.2, 0.25) is 0 Å². The molecule has 230 valence electrons. The van der Waals surface area contributed by atoms with Gasteiger partial charge in [0.1, 0.15) is 0 Å². The predicted octanol–water partition coefficient (Wildman–Crippen LogP) is 11.8. The average molecular weight is 649 g/mol. The maximum atomic E-state index is 9.53.